The van der Waals surface area contributed by atoms with E-state index in [0.29, 0.717) is 5.92 Å². The van der Waals surface area contributed by atoms with Gasteiger partial charge in [0, 0.05) is 43.7 Å². The minimum atomic E-state index is 0.344. The lowest BCUT2D eigenvalue weighted by Gasteiger charge is -2.33. The number of anilines is 3. The van der Waals surface area contributed by atoms with E-state index in [4.69, 9.17) is 4.98 Å². The average molecular weight is 347 g/mol. The quantitative estimate of drug-likeness (QED) is 0.777. The molecule has 0 saturated carbocycles. The molecule has 0 aromatic carbocycles. The van der Waals surface area contributed by atoms with Gasteiger partial charge < -0.3 is 10.2 Å². The molecule has 132 valence electrons. The van der Waals surface area contributed by atoms with Crippen molar-refractivity contribution in [2.24, 2.45) is 0 Å². The van der Waals surface area contributed by atoms with E-state index in [0.717, 1.165) is 54.9 Å². The van der Waals surface area contributed by atoms with E-state index in [1.54, 1.807) is 18.6 Å². The summed E-state index contributed by atoms with van der Waals surface area (Å²) in [4.78, 5) is 24.4. The van der Waals surface area contributed by atoms with Crippen LogP contribution in [0.15, 0.2) is 49.1 Å². The van der Waals surface area contributed by atoms with E-state index in [-0.39, 0.29) is 0 Å². The molecule has 3 aromatic rings. The first-order valence-corrected chi connectivity index (χ1v) is 8.82. The van der Waals surface area contributed by atoms with Crippen molar-refractivity contribution in [3.63, 3.8) is 0 Å². The summed E-state index contributed by atoms with van der Waals surface area (Å²) in [6.45, 7) is 3.81. The van der Waals surface area contributed by atoms with Crippen LogP contribution in [0.3, 0.4) is 0 Å². The van der Waals surface area contributed by atoms with Gasteiger partial charge in [0.1, 0.15) is 23.3 Å². The maximum absolute atomic E-state index is 4.69. The van der Waals surface area contributed by atoms with Crippen LogP contribution in [0.1, 0.15) is 30.3 Å². The molecule has 0 spiro atoms. The van der Waals surface area contributed by atoms with Crippen LogP contribution in [-0.4, -0.2) is 38.0 Å². The standard InChI is InChI=1S/C19H21N7/c1-14-23-16(11-18(24-14)25-17-6-2-3-7-21-17)15-5-4-10-26(13-15)19-12-20-8-9-22-19/h2-3,6-9,11-12,15H,4-5,10,13H2,1H3,(H,21,23,24,25). The molecule has 1 atom stereocenters. The molecule has 0 radical (unpaired) electrons. The van der Waals surface area contributed by atoms with E-state index in [1.165, 1.54) is 0 Å². The molecule has 3 aromatic heterocycles. The molecule has 26 heavy (non-hydrogen) atoms. The van der Waals surface area contributed by atoms with Crippen molar-refractivity contribution >= 4 is 17.5 Å². The second kappa shape index (κ2) is 7.43. The van der Waals surface area contributed by atoms with E-state index >= 15 is 0 Å². The molecule has 1 unspecified atom stereocenters. The zero-order chi connectivity index (χ0) is 17.8. The lowest BCUT2D eigenvalue weighted by molar-refractivity contribution is 0.497. The van der Waals surface area contributed by atoms with Crippen LogP contribution in [-0.2, 0) is 0 Å². The van der Waals surface area contributed by atoms with Crippen LogP contribution >= 0.6 is 0 Å². The third-order valence-corrected chi connectivity index (χ3v) is 4.49. The Labute approximate surface area is 152 Å². The van der Waals surface area contributed by atoms with Gasteiger partial charge in [0.05, 0.1) is 11.9 Å². The highest BCUT2D eigenvalue weighted by molar-refractivity contribution is 5.52. The normalized spacial score (nSPS) is 17.1. The largest absolute Gasteiger partial charge is 0.355 e. The maximum Gasteiger partial charge on any atom is 0.147 e. The van der Waals surface area contributed by atoms with E-state index in [1.807, 2.05) is 37.4 Å². The van der Waals surface area contributed by atoms with Crippen molar-refractivity contribution in [1.82, 2.24) is 24.9 Å². The third kappa shape index (κ3) is 3.77. The number of hydrogen-bond acceptors (Lipinski definition) is 7. The number of aromatic nitrogens is 5. The van der Waals surface area contributed by atoms with Crippen molar-refractivity contribution in [2.75, 3.05) is 23.3 Å². The monoisotopic (exact) mass is 347 g/mol. The average Bonchev–Trinajstić information content (AvgIpc) is 2.69. The number of nitrogens with one attached hydrogen (secondary N) is 1. The highest BCUT2D eigenvalue weighted by atomic mass is 15.2. The Balaban J connectivity index is 1.55. The highest BCUT2D eigenvalue weighted by Gasteiger charge is 2.24. The van der Waals surface area contributed by atoms with Gasteiger partial charge in [-0.3, -0.25) is 4.98 Å². The summed E-state index contributed by atoms with van der Waals surface area (Å²) in [5.74, 6) is 3.59. The minimum Gasteiger partial charge on any atom is -0.355 e. The summed E-state index contributed by atoms with van der Waals surface area (Å²) in [6.07, 6.45) is 9.24. The summed E-state index contributed by atoms with van der Waals surface area (Å²) < 4.78 is 0. The fraction of sp³-hybridized carbons (Fsp3) is 0.316. The molecule has 1 aliphatic heterocycles. The summed E-state index contributed by atoms with van der Waals surface area (Å²) in [6, 6.07) is 7.80. The Morgan fingerprint density at radius 2 is 2.04 bits per heavy atom. The van der Waals surface area contributed by atoms with Crippen molar-refractivity contribution in [3.8, 4) is 0 Å². The van der Waals surface area contributed by atoms with Crippen molar-refractivity contribution in [1.29, 1.82) is 0 Å². The molecule has 4 heterocycles. The zero-order valence-electron chi connectivity index (χ0n) is 14.7. The number of rotatable bonds is 4. The second-order valence-electron chi connectivity index (χ2n) is 6.41. The molecule has 0 amide bonds. The summed E-state index contributed by atoms with van der Waals surface area (Å²) in [7, 11) is 0. The van der Waals surface area contributed by atoms with Crippen LogP contribution in [0.5, 0.6) is 0 Å². The van der Waals surface area contributed by atoms with Gasteiger partial charge in [-0.05, 0) is 31.9 Å². The Bertz CT molecular complexity index is 854. The molecule has 1 N–H and O–H groups in total. The van der Waals surface area contributed by atoms with Gasteiger partial charge in [0.15, 0.2) is 0 Å². The number of pyridine rings is 1. The van der Waals surface area contributed by atoms with Crippen molar-refractivity contribution in [2.45, 2.75) is 25.7 Å². The van der Waals surface area contributed by atoms with Gasteiger partial charge in [-0.25, -0.2) is 19.9 Å². The Morgan fingerprint density at radius 1 is 1.08 bits per heavy atom. The predicted molar refractivity (Wildman–Crippen MR) is 101 cm³/mol. The van der Waals surface area contributed by atoms with Crippen molar-refractivity contribution in [3.05, 3.63) is 60.6 Å². The first-order chi connectivity index (χ1) is 12.8. The highest BCUT2D eigenvalue weighted by Crippen LogP contribution is 2.29. The number of piperidine rings is 1. The first-order valence-electron chi connectivity index (χ1n) is 8.82. The Hall–Kier alpha value is -3.09. The minimum absolute atomic E-state index is 0.344. The molecule has 0 bridgehead atoms. The van der Waals surface area contributed by atoms with Crippen LogP contribution < -0.4 is 10.2 Å². The summed E-state index contributed by atoms with van der Waals surface area (Å²) in [5.41, 5.74) is 1.06. The molecule has 7 nitrogen and oxygen atoms in total. The Kier molecular flexibility index (Phi) is 4.68. The van der Waals surface area contributed by atoms with Gasteiger partial charge in [-0.1, -0.05) is 6.07 Å². The van der Waals surface area contributed by atoms with Crippen LogP contribution in [0.2, 0.25) is 0 Å². The van der Waals surface area contributed by atoms with Gasteiger partial charge in [0.2, 0.25) is 0 Å². The SMILES string of the molecule is Cc1nc(Nc2ccccn2)cc(C2CCCN(c3cnccn3)C2)n1. The third-order valence-electron chi connectivity index (χ3n) is 4.49. The number of hydrogen-bond donors (Lipinski definition) is 1. The fourth-order valence-corrected chi connectivity index (χ4v) is 3.31. The number of aryl methyl sites for hydroxylation is 1. The molecule has 1 aliphatic rings. The van der Waals surface area contributed by atoms with Gasteiger partial charge >= 0.3 is 0 Å². The van der Waals surface area contributed by atoms with Gasteiger partial charge in [-0.15, -0.1) is 0 Å². The molecule has 1 fully saturated rings. The molecular formula is C19H21N7. The zero-order valence-corrected chi connectivity index (χ0v) is 14.7. The summed E-state index contributed by atoms with van der Waals surface area (Å²) >= 11 is 0. The van der Waals surface area contributed by atoms with Crippen LogP contribution in [0, 0.1) is 6.92 Å². The molecule has 7 heteroatoms. The maximum atomic E-state index is 4.69. The molecule has 1 saturated heterocycles. The first kappa shape index (κ1) is 16.4. The summed E-state index contributed by atoms with van der Waals surface area (Å²) in [5, 5.41) is 3.27. The van der Waals surface area contributed by atoms with E-state index in [9.17, 15) is 0 Å². The molecule has 0 aliphatic carbocycles. The van der Waals surface area contributed by atoms with Gasteiger partial charge in [0.25, 0.3) is 0 Å². The van der Waals surface area contributed by atoms with E-state index < -0.39 is 0 Å². The van der Waals surface area contributed by atoms with Crippen LogP contribution in [0.4, 0.5) is 17.5 Å². The number of nitrogens with zero attached hydrogens (tertiary/aromatic N) is 6. The lowest BCUT2D eigenvalue weighted by Crippen LogP contribution is -2.35. The molecular weight excluding hydrogens is 326 g/mol. The fourth-order valence-electron chi connectivity index (χ4n) is 3.31. The second-order valence-corrected chi connectivity index (χ2v) is 6.41. The smallest absolute Gasteiger partial charge is 0.147 e. The Morgan fingerprint density at radius 3 is 2.85 bits per heavy atom. The topological polar surface area (TPSA) is 79.7 Å². The van der Waals surface area contributed by atoms with Gasteiger partial charge in [-0.2, -0.15) is 0 Å². The van der Waals surface area contributed by atoms with Crippen LogP contribution in [0.25, 0.3) is 0 Å². The van der Waals surface area contributed by atoms with Crippen molar-refractivity contribution < 1.29 is 0 Å². The predicted octanol–water partition coefficient (Wildman–Crippen LogP) is 3.10. The van der Waals surface area contributed by atoms with E-state index in [2.05, 4.69) is 30.2 Å². The molecule has 4 rings (SSSR count). The lowest BCUT2D eigenvalue weighted by atomic mass is 9.94.